The van der Waals surface area contributed by atoms with Crippen LogP contribution in [0.3, 0.4) is 0 Å². The van der Waals surface area contributed by atoms with Crippen LogP contribution < -0.4 is 0 Å². The Kier molecular flexibility index (Phi) is 2.20. The molecular formula is C11H18O. The molecule has 0 saturated heterocycles. The monoisotopic (exact) mass is 166 g/mol. The molecule has 2 aliphatic rings. The average Bonchev–Trinajstić information content (AvgIpc) is 2.05. The van der Waals surface area contributed by atoms with Crippen molar-refractivity contribution in [2.75, 3.05) is 0 Å². The summed E-state index contributed by atoms with van der Waals surface area (Å²) in [5.74, 6) is 0.748. The Balaban J connectivity index is 1.99. The Bertz CT molecular complexity index is 164. The van der Waals surface area contributed by atoms with Gasteiger partial charge < -0.3 is 4.79 Å². The molecule has 2 rings (SSSR count). The molecule has 0 N–H and O–H groups in total. The molecule has 0 bridgehead atoms. The molecule has 12 heavy (non-hydrogen) atoms. The molecule has 0 atom stereocenters. The standard InChI is InChI=1S/C11H18O/c12-9-11(7-4-8-11)10-5-2-1-3-6-10/h9-10H,1-8H2. The summed E-state index contributed by atoms with van der Waals surface area (Å²) in [6.07, 6.45) is 11.7. The van der Waals surface area contributed by atoms with Gasteiger partial charge in [0.2, 0.25) is 0 Å². The lowest BCUT2D eigenvalue weighted by molar-refractivity contribution is -0.126. The Morgan fingerprint density at radius 2 is 1.67 bits per heavy atom. The van der Waals surface area contributed by atoms with Crippen LogP contribution >= 0.6 is 0 Å². The van der Waals surface area contributed by atoms with Crippen LogP contribution in [0.1, 0.15) is 51.4 Å². The Morgan fingerprint density at radius 1 is 1.00 bits per heavy atom. The zero-order valence-electron chi connectivity index (χ0n) is 7.72. The topological polar surface area (TPSA) is 17.1 Å². The van der Waals surface area contributed by atoms with Gasteiger partial charge in [0.05, 0.1) is 0 Å². The quantitative estimate of drug-likeness (QED) is 0.576. The molecule has 2 fully saturated rings. The Hall–Kier alpha value is -0.330. The van der Waals surface area contributed by atoms with Gasteiger partial charge in [0.1, 0.15) is 6.29 Å². The molecule has 2 aliphatic carbocycles. The minimum atomic E-state index is 0.153. The summed E-state index contributed by atoms with van der Waals surface area (Å²) in [5, 5.41) is 0. The molecule has 0 aromatic carbocycles. The number of hydrogen-bond donors (Lipinski definition) is 0. The van der Waals surface area contributed by atoms with Crippen molar-refractivity contribution in [1.82, 2.24) is 0 Å². The van der Waals surface area contributed by atoms with Crippen molar-refractivity contribution in [3.8, 4) is 0 Å². The van der Waals surface area contributed by atoms with E-state index >= 15 is 0 Å². The van der Waals surface area contributed by atoms with Gasteiger partial charge in [-0.2, -0.15) is 0 Å². The van der Waals surface area contributed by atoms with Gasteiger partial charge in [0.15, 0.2) is 0 Å². The number of carbonyl (C=O) groups is 1. The highest BCUT2D eigenvalue weighted by molar-refractivity contribution is 5.61. The van der Waals surface area contributed by atoms with Gasteiger partial charge >= 0.3 is 0 Å². The molecule has 0 aliphatic heterocycles. The van der Waals surface area contributed by atoms with Crippen LogP contribution in [0, 0.1) is 11.3 Å². The fraction of sp³-hybridized carbons (Fsp3) is 0.909. The second-order valence-electron chi connectivity index (χ2n) is 4.54. The van der Waals surface area contributed by atoms with Crippen molar-refractivity contribution in [3.63, 3.8) is 0 Å². The lowest BCUT2D eigenvalue weighted by Crippen LogP contribution is -2.39. The second kappa shape index (κ2) is 3.20. The van der Waals surface area contributed by atoms with Crippen LogP contribution in [0.25, 0.3) is 0 Å². The molecule has 0 unspecified atom stereocenters. The van der Waals surface area contributed by atoms with E-state index in [2.05, 4.69) is 0 Å². The highest BCUT2D eigenvalue weighted by Gasteiger charge is 2.43. The van der Waals surface area contributed by atoms with E-state index in [1.165, 1.54) is 57.7 Å². The van der Waals surface area contributed by atoms with E-state index in [1.54, 1.807) is 0 Å². The lowest BCUT2D eigenvalue weighted by Gasteiger charge is -2.45. The zero-order chi connectivity index (χ0) is 8.44. The predicted octanol–water partition coefficient (Wildman–Crippen LogP) is 2.94. The SMILES string of the molecule is O=CC1(C2CCCCC2)CCC1. The first kappa shape index (κ1) is 8.28. The third-order valence-corrected chi connectivity index (χ3v) is 3.94. The molecule has 1 nitrogen and oxygen atoms in total. The maximum Gasteiger partial charge on any atom is 0.126 e. The average molecular weight is 166 g/mol. The van der Waals surface area contributed by atoms with Crippen LogP contribution in [-0.4, -0.2) is 6.29 Å². The van der Waals surface area contributed by atoms with Crippen molar-refractivity contribution in [1.29, 1.82) is 0 Å². The van der Waals surface area contributed by atoms with Gasteiger partial charge in [-0.25, -0.2) is 0 Å². The van der Waals surface area contributed by atoms with Crippen LogP contribution in [0.15, 0.2) is 0 Å². The van der Waals surface area contributed by atoms with Crippen molar-refractivity contribution in [3.05, 3.63) is 0 Å². The lowest BCUT2D eigenvalue weighted by atomic mass is 9.58. The van der Waals surface area contributed by atoms with Gasteiger partial charge in [0.25, 0.3) is 0 Å². The summed E-state index contributed by atoms with van der Waals surface area (Å²) in [6, 6.07) is 0. The van der Waals surface area contributed by atoms with Gasteiger partial charge in [-0.15, -0.1) is 0 Å². The van der Waals surface area contributed by atoms with Gasteiger partial charge in [-0.05, 0) is 31.6 Å². The van der Waals surface area contributed by atoms with E-state index in [-0.39, 0.29) is 5.41 Å². The summed E-state index contributed by atoms with van der Waals surface area (Å²) in [7, 11) is 0. The van der Waals surface area contributed by atoms with Crippen LogP contribution in [0.2, 0.25) is 0 Å². The summed E-state index contributed by atoms with van der Waals surface area (Å²) < 4.78 is 0. The highest BCUT2D eigenvalue weighted by Crippen LogP contribution is 2.50. The maximum absolute atomic E-state index is 11.0. The normalized spacial score (nSPS) is 29.3. The predicted molar refractivity (Wildman–Crippen MR) is 48.9 cm³/mol. The van der Waals surface area contributed by atoms with E-state index in [0.717, 1.165) is 5.92 Å². The first-order valence-electron chi connectivity index (χ1n) is 5.34. The third-order valence-electron chi connectivity index (χ3n) is 3.94. The highest BCUT2D eigenvalue weighted by atomic mass is 16.1. The fourth-order valence-electron chi connectivity index (χ4n) is 2.88. The smallest absolute Gasteiger partial charge is 0.126 e. The number of aldehydes is 1. The number of hydrogen-bond acceptors (Lipinski definition) is 1. The van der Waals surface area contributed by atoms with Crippen LogP contribution in [0.4, 0.5) is 0 Å². The first-order valence-corrected chi connectivity index (χ1v) is 5.34. The van der Waals surface area contributed by atoms with Crippen molar-refractivity contribution < 1.29 is 4.79 Å². The molecule has 0 spiro atoms. The van der Waals surface area contributed by atoms with Crippen molar-refractivity contribution in [2.45, 2.75) is 51.4 Å². The van der Waals surface area contributed by atoms with Crippen LogP contribution in [0.5, 0.6) is 0 Å². The van der Waals surface area contributed by atoms with E-state index in [1.807, 2.05) is 0 Å². The van der Waals surface area contributed by atoms with Gasteiger partial charge in [-0.1, -0.05) is 25.7 Å². The van der Waals surface area contributed by atoms with Gasteiger partial charge in [-0.3, -0.25) is 0 Å². The second-order valence-corrected chi connectivity index (χ2v) is 4.54. The largest absolute Gasteiger partial charge is 0.303 e. The summed E-state index contributed by atoms with van der Waals surface area (Å²) in [4.78, 5) is 11.0. The molecule has 1 heteroatoms. The molecular weight excluding hydrogens is 148 g/mol. The van der Waals surface area contributed by atoms with Crippen molar-refractivity contribution >= 4 is 6.29 Å². The minimum Gasteiger partial charge on any atom is -0.303 e. The first-order chi connectivity index (χ1) is 5.87. The number of carbonyl (C=O) groups excluding carboxylic acids is 1. The molecule has 0 amide bonds. The number of rotatable bonds is 2. The molecule has 2 saturated carbocycles. The zero-order valence-corrected chi connectivity index (χ0v) is 7.72. The van der Waals surface area contributed by atoms with E-state index < -0.39 is 0 Å². The van der Waals surface area contributed by atoms with E-state index in [4.69, 9.17) is 0 Å². The molecule has 0 aromatic heterocycles. The van der Waals surface area contributed by atoms with Crippen LogP contribution in [-0.2, 0) is 4.79 Å². The van der Waals surface area contributed by atoms with Crippen molar-refractivity contribution in [2.24, 2.45) is 11.3 Å². The Morgan fingerprint density at radius 3 is 2.08 bits per heavy atom. The third kappa shape index (κ3) is 1.19. The molecule has 0 radical (unpaired) electrons. The van der Waals surface area contributed by atoms with E-state index in [9.17, 15) is 4.79 Å². The maximum atomic E-state index is 11.0. The minimum absolute atomic E-state index is 0.153. The Labute approximate surface area is 74.5 Å². The molecule has 0 heterocycles. The fourth-order valence-corrected chi connectivity index (χ4v) is 2.88. The summed E-state index contributed by atoms with van der Waals surface area (Å²) >= 11 is 0. The van der Waals surface area contributed by atoms with Gasteiger partial charge in [0, 0.05) is 5.41 Å². The summed E-state index contributed by atoms with van der Waals surface area (Å²) in [6.45, 7) is 0. The molecule has 68 valence electrons. The summed E-state index contributed by atoms with van der Waals surface area (Å²) in [5.41, 5.74) is 0.153. The molecule has 0 aromatic rings. The van der Waals surface area contributed by atoms with E-state index in [0.29, 0.717) is 0 Å².